The molecule has 3 atom stereocenters. The van der Waals surface area contributed by atoms with Crippen molar-refractivity contribution in [3.8, 4) is 17.2 Å². The highest BCUT2D eigenvalue weighted by Crippen LogP contribution is 2.37. The number of carbonyl (C=O) groups is 4. The lowest BCUT2D eigenvalue weighted by molar-refractivity contribution is -0.139. The number of nitrogens with zero attached hydrogens (tertiary/aromatic N) is 2. The molecular weight excluding hydrogens is 710 g/mol. The zero-order chi connectivity index (χ0) is 38.9. The molecule has 3 aromatic carbocycles. The third-order valence-corrected chi connectivity index (χ3v) is 10.1. The first-order valence-corrected chi connectivity index (χ1v) is 18.7. The quantitative estimate of drug-likeness (QED) is 0.164. The second-order valence-electron chi connectivity index (χ2n) is 14.1. The summed E-state index contributed by atoms with van der Waals surface area (Å²) in [4.78, 5) is 59.2. The lowest BCUT2D eigenvalue weighted by atomic mass is 9.79. The maximum Gasteiger partial charge on any atom is 0.254 e. The number of aryl methyl sites for hydroxylation is 1. The maximum atomic E-state index is 13.7. The monoisotopic (exact) mass is 759 g/mol. The van der Waals surface area contributed by atoms with Gasteiger partial charge in [-0.1, -0.05) is 43.1 Å². The van der Waals surface area contributed by atoms with Crippen LogP contribution in [-0.4, -0.2) is 96.5 Å². The first kappa shape index (κ1) is 40.0. The molecule has 13 heteroatoms. The molecule has 0 radical (unpaired) electrons. The molecule has 1 aromatic heterocycles. The van der Waals surface area contributed by atoms with E-state index < -0.39 is 5.92 Å². The molecule has 0 aliphatic carbocycles. The smallest absolute Gasteiger partial charge is 0.254 e. The predicted octanol–water partition coefficient (Wildman–Crippen LogP) is 5.21. The highest BCUT2D eigenvalue weighted by atomic mass is 35.5. The predicted molar refractivity (Wildman–Crippen MR) is 208 cm³/mol. The molecule has 54 heavy (non-hydrogen) atoms. The van der Waals surface area contributed by atoms with Crippen molar-refractivity contribution in [1.29, 1.82) is 0 Å². The average molecular weight is 760 g/mol. The van der Waals surface area contributed by atoms with E-state index in [0.29, 0.717) is 47.5 Å². The fourth-order valence-corrected chi connectivity index (χ4v) is 7.35. The number of aromatic amines is 1. The molecule has 2 aliphatic heterocycles. The molecule has 12 nitrogen and oxygen atoms in total. The Balaban J connectivity index is 0.000000486. The van der Waals surface area contributed by atoms with Gasteiger partial charge in [-0.15, -0.1) is 0 Å². The number of rotatable bonds is 11. The molecule has 4 aromatic rings. The topological polar surface area (TPSA) is 153 Å². The number of benzene rings is 3. The number of aromatic nitrogens is 1. The first-order valence-electron chi connectivity index (χ1n) is 18.3. The zero-order valence-corrected chi connectivity index (χ0v) is 32.2. The van der Waals surface area contributed by atoms with Crippen LogP contribution >= 0.6 is 11.6 Å². The number of phenols is 1. The number of hydrogen-bond acceptors (Lipinski definition) is 7. The van der Waals surface area contributed by atoms with E-state index in [4.69, 9.17) is 26.2 Å². The van der Waals surface area contributed by atoms with Crippen molar-refractivity contribution in [2.75, 3.05) is 46.9 Å². The van der Waals surface area contributed by atoms with Crippen molar-refractivity contribution in [2.24, 2.45) is 17.8 Å². The van der Waals surface area contributed by atoms with Gasteiger partial charge in [0.1, 0.15) is 5.75 Å². The average Bonchev–Trinajstić information content (AvgIpc) is 3.78. The van der Waals surface area contributed by atoms with Gasteiger partial charge >= 0.3 is 0 Å². The number of carbonyl (C=O) groups excluding carboxylic acids is 4. The minimum Gasteiger partial charge on any atom is -0.508 e. The van der Waals surface area contributed by atoms with Crippen molar-refractivity contribution >= 4 is 46.1 Å². The number of H-pyrrole nitrogens is 1. The number of ether oxygens (including phenoxy) is 2. The van der Waals surface area contributed by atoms with E-state index in [1.165, 1.54) is 19.7 Å². The van der Waals surface area contributed by atoms with Crippen molar-refractivity contribution in [1.82, 2.24) is 25.4 Å². The molecule has 3 heterocycles. The summed E-state index contributed by atoms with van der Waals surface area (Å²) < 4.78 is 11.3. The summed E-state index contributed by atoms with van der Waals surface area (Å²) in [6.07, 6.45) is 4.16. The Labute approximate surface area is 321 Å². The second kappa shape index (κ2) is 18.2. The van der Waals surface area contributed by atoms with Crippen LogP contribution < -0.4 is 20.1 Å². The van der Waals surface area contributed by atoms with Crippen LogP contribution in [0.2, 0.25) is 5.02 Å². The van der Waals surface area contributed by atoms with Gasteiger partial charge in [0.05, 0.1) is 32.1 Å². The zero-order valence-electron chi connectivity index (χ0n) is 31.5. The highest BCUT2D eigenvalue weighted by molar-refractivity contribution is 6.31. The van der Waals surface area contributed by atoms with Crippen molar-refractivity contribution in [3.05, 3.63) is 88.6 Å². The third-order valence-electron chi connectivity index (χ3n) is 9.88. The number of phenolic OH excluding ortho intramolecular Hbond substituents is 1. The molecule has 2 saturated heterocycles. The fraction of sp³-hybridized carbons (Fsp3) is 0.415. The Morgan fingerprint density at radius 2 is 1.70 bits per heavy atom. The van der Waals surface area contributed by atoms with Gasteiger partial charge in [-0.05, 0) is 85.7 Å². The molecule has 2 aliphatic rings. The lowest BCUT2D eigenvalue weighted by Crippen LogP contribution is -2.54. The summed E-state index contributed by atoms with van der Waals surface area (Å²) in [7, 11) is 3.03. The number of nitrogens with one attached hydrogen (secondary N) is 3. The number of hydrogen-bond donors (Lipinski definition) is 4. The number of piperidine rings is 1. The molecule has 2 fully saturated rings. The van der Waals surface area contributed by atoms with Crippen LogP contribution in [0.1, 0.15) is 48.7 Å². The molecule has 0 spiro atoms. The van der Waals surface area contributed by atoms with Crippen molar-refractivity contribution < 1.29 is 33.8 Å². The van der Waals surface area contributed by atoms with Crippen molar-refractivity contribution in [3.63, 3.8) is 0 Å². The van der Waals surface area contributed by atoms with Gasteiger partial charge in [-0.25, -0.2) is 0 Å². The first-order chi connectivity index (χ1) is 25.9. The molecule has 6 rings (SSSR count). The summed E-state index contributed by atoms with van der Waals surface area (Å²) in [5, 5.41) is 15.7. The lowest BCUT2D eigenvalue weighted by Gasteiger charge is -2.39. The van der Waals surface area contributed by atoms with E-state index >= 15 is 0 Å². The maximum absolute atomic E-state index is 13.7. The van der Waals surface area contributed by atoms with Gasteiger partial charge in [-0.2, -0.15) is 0 Å². The van der Waals surface area contributed by atoms with E-state index in [0.717, 1.165) is 29.3 Å². The molecule has 288 valence electrons. The molecular formula is C41H50ClN5O7. The largest absolute Gasteiger partial charge is 0.508 e. The van der Waals surface area contributed by atoms with Crippen LogP contribution in [-0.2, 0) is 27.2 Å². The molecule has 0 saturated carbocycles. The Morgan fingerprint density at radius 3 is 2.39 bits per heavy atom. The number of aromatic hydroxyl groups is 1. The van der Waals surface area contributed by atoms with Gasteiger partial charge in [0, 0.05) is 60.9 Å². The Hall–Kier alpha value is -5.23. The summed E-state index contributed by atoms with van der Waals surface area (Å²) in [5.74, 6) is -0.439. The number of fused-ring (bicyclic) bond motifs is 2. The van der Waals surface area contributed by atoms with E-state index in [1.807, 2.05) is 38.1 Å². The summed E-state index contributed by atoms with van der Waals surface area (Å²) >= 11 is 6.12. The molecule has 0 bridgehead atoms. The fourth-order valence-electron chi connectivity index (χ4n) is 7.17. The van der Waals surface area contributed by atoms with Gasteiger partial charge in [0.2, 0.25) is 17.7 Å². The summed E-state index contributed by atoms with van der Waals surface area (Å²) in [5.41, 5.74) is 3.42. The van der Waals surface area contributed by atoms with Gasteiger partial charge < -0.3 is 40.0 Å². The third kappa shape index (κ3) is 9.84. The minimum absolute atomic E-state index is 0.0567. The number of likely N-dealkylation sites (N-methyl/N-ethyl adjacent to an activating group) is 1. The van der Waals surface area contributed by atoms with Crippen LogP contribution in [0.25, 0.3) is 10.9 Å². The van der Waals surface area contributed by atoms with Crippen molar-refractivity contribution in [2.45, 2.75) is 46.1 Å². The molecule has 4 amide bonds. The van der Waals surface area contributed by atoms with Crippen LogP contribution in [0.3, 0.4) is 0 Å². The number of likely N-dealkylation sites (tertiary alicyclic amines) is 2. The normalized spacial score (nSPS) is 17.7. The van der Waals surface area contributed by atoms with E-state index in [1.54, 1.807) is 52.4 Å². The standard InChI is InChI=1S/C32H38ClN5O6.C9H12O/c1-18(2)44-27-8-5-19(9-28(27)43-4)32(42)38-15-21-14-37(17-25(24(21)16-38)31(41)36-13-29(39)34-3)30(40)10-20-12-35-26-11-22(33)6-7-23(20)26;1-2-3-8-4-6-9(10)7-5-8/h5-9,11-12,18,21,24-25,35H,10,13-17H2,1-4H3,(H,34,39)(H,36,41);4-7,10H,2-3H2,1H3. The molecule has 4 N–H and O–H groups in total. The number of amides is 4. The Morgan fingerprint density at radius 1 is 0.963 bits per heavy atom. The number of methoxy groups -OCH3 is 1. The Bertz CT molecular complexity index is 1950. The highest BCUT2D eigenvalue weighted by Gasteiger charge is 2.48. The summed E-state index contributed by atoms with van der Waals surface area (Å²) in [6.45, 7) is 7.18. The SMILES string of the molecule is CCCc1ccc(O)cc1.CNC(=O)CNC(=O)C1CN(C(=O)Cc2c[nH]c3cc(Cl)ccc23)CC2CN(C(=O)c3ccc(OC(C)C)c(OC)c3)CC21. The van der Waals surface area contributed by atoms with Crippen LogP contribution in [0.4, 0.5) is 0 Å². The number of halogens is 1. The van der Waals surface area contributed by atoms with E-state index in [9.17, 15) is 19.2 Å². The van der Waals surface area contributed by atoms with E-state index in [2.05, 4.69) is 22.5 Å². The van der Waals surface area contributed by atoms with Crippen LogP contribution in [0.15, 0.2) is 66.9 Å². The van der Waals surface area contributed by atoms with Gasteiger partial charge in [0.25, 0.3) is 5.91 Å². The molecule has 3 unspecified atom stereocenters. The second-order valence-corrected chi connectivity index (χ2v) is 14.5. The van der Waals surface area contributed by atoms with Crippen LogP contribution in [0.5, 0.6) is 17.2 Å². The Kier molecular flexibility index (Phi) is 13.5. The van der Waals surface area contributed by atoms with E-state index in [-0.39, 0.29) is 61.1 Å². The van der Waals surface area contributed by atoms with Gasteiger partial charge in [-0.3, -0.25) is 19.2 Å². The van der Waals surface area contributed by atoms with Gasteiger partial charge in [0.15, 0.2) is 11.5 Å². The minimum atomic E-state index is -0.585. The summed E-state index contributed by atoms with van der Waals surface area (Å²) in [6, 6.07) is 18.0. The van der Waals surface area contributed by atoms with Crippen LogP contribution in [0, 0.1) is 17.8 Å².